The lowest BCUT2D eigenvalue weighted by Gasteiger charge is -2.37. The summed E-state index contributed by atoms with van der Waals surface area (Å²) in [4.78, 5) is 26.6. The van der Waals surface area contributed by atoms with Crippen molar-refractivity contribution in [2.75, 3.05) is 30.9 Å². The van der Waals surface area contributed by atoms with Gasteiger partial charge in [0.05, 0.1) is 11.7 Å². The Bertz CT molecular complexity index is 1170. The molecule has 3 N–H and O–H groups in total. The molecule has 7 heteroatoms. The van der Waals surface area contributed by atoms with Crippen molar-refractivity contribution in [3.8, 4) is 0 Å². The largest absolute Gasteiger partial charge is 0.362 e. The van der Waals surface area contributed by atoms with Gasteiger partial charge in [0.1, 0.15) is 5.82 Å². The molecule has 1 fully saturated rings. The Labute approximate surface area is 226 Å². The number of carbonyl (C=O) groups excluding carboxylic acids is 1. The van der Waals surface area contributed by atoms with Crippen LogP contribution in [0.2, 0.25) is 0 Å². The molecule has 200 valence electrons. The number of aromatic nitrogens is 2. The quantitative estimate of drug-likeness (QED) is 0.412. The van der Waals surface area contributed by atoms with Crippen molar-refractivity contribution in [2.24, 2.45) is 11.7 Å². The van der Waals surface area contributed by atoms with Crippen LogP contribution in [0, 0.1) is 5.92 Å². The molecule has 1 heterocycles. The number of primary amides is 1. The number of nitrogens with one attached hydrogen (secondary N) is 1. The summed E-state index contributed by atoms with van der Waals surface area (Å²) in [6.07, 6.45) is 8.63. The fourth-order valence-corrected chi connectivity index (χ4v) is 6.10. The van der Waals surface area contributed by atoms with Gasteiger partial charge in [-0.3, -0.25) is 0 Å². The molecular weight excluding hydrogens is 472 g/mol. The van der Waals surface area contributed by atoms with Crippen molar-refractivity contribution in [1.29, 1.82) is 0 Å². The van der Waals surface area contributed by atoms with Crippen LogP contribution in [0.25, 0.3) is 0 Å². The van der Waals surface area contributed by atoms with Crippen LogP contribution in [-0.4, -0.2) is 47.6 Å². The highest BCUT2D eigenvalue weighted by atomic mass is 16.2. The van der Waals surface area contributed by atoms with Crippen LogP contribution < -0.4 is 16.0 Å². The highest BCUT2D eigenvalue weighted by Gasteiger charge is 2.30. The average Bonchev–Trinajstić information content (AvgIpc) is 2.94. The molecule has 5 rings (SSSR count). The van der Waals surface area contributed by atoms with E-state index in [1.807, 2.05) is 41.3 Å². The monoisotopic (exact) mass is 512 g/mol. The third kappa shape index (κ3) is 5.93. The molecule has 2 aliphatic carbocycles. The van der Waals surface area contributed by atoms with E-state index in [2.05, 4.69) is 48.6 Å². The first kappa shape index (κ1) is 26.0. The number of hydrogen-bond donors (Lipinski definition) is 2. The van der Waals surface area contributed by atoms with Crippen molar-refractivity contribution in [2.45, 2.75) is 63.5 Å². The zero-order chi connectivity index (χ0) is 26.5. The minimum Gasteiger partial charge on any atom is -0.362 e. The molecule has 7 nitrogen and oxygen atoms in total. The maximum atomic E-state index is 12.8. The van der Waals surface area contributed by atoms with Crippen molar-refractivity contribution >= 4 is 17.8 Å². The van der Waals surface area contributed by atoms with Gasteiger partial charge in [0, 0.05) is 32.2 Å². The summed E-state index contributed by atoms with van der Waals surface area (Å²) in [7, 11) is 4.13. The molecule has 0 bridgehead atoms. The van der Waals surface area contributed by atoms with Crippen LogP contribution in [0.3, 0.4) is 0 Å². The van der Waals surface area contributed by atoms with E-state index >= 15 is 0 Å². The number of anilines is 2. The maximum Gasteiger partial charge on any atom is 0.315 e. The van der Waals surface area contributed by atoms with E-state index < -0.39 is 0 Å². The van der Waals surface area contributed by atoms with Gasteiger partial charge in [-0.05, 0) is 68.4 Å². The van der Waals surface area contributed by atoms with Crippen molar-refractivity contribution in [3.63, 3.8) is 0 Å². The third-order valence-corrected chi connectivity index (χ3v) is 8.05. The van der Waals surface area contributed by atoms with E-state index in [9.17, 15) is 4.79 Å². The van der Waals surface area contributed by atoms with Crippen LogP contribution in [0.5, 0.6) is 0 Å². The summed E-state index contributed by atoms with van der Waals surface area (Å²) in [5, 5.41) is 3.64. The topological polar surface area (TPSA) is 87.4 Å². The number of nitrogens with zero attached hydrogens (tertiary/aromatic N) is 4. The number of amides is 2. The summed E-state index contributed by atoms with van der Waals surface area (Å²) in [6.45, 7) is 0.649. The number of hydrogen-bond acceptors (Lipinski definition) is 5. The van der Waals surface area contributed by atoms with Gasteiger partial charge in [-0.15, -0.1) is 0 Å². The van der Waals surface area contributed by atoms with Gasteiger partial charge in [-0.1, -0.05) is 60.7 Å². The van der Waals surface area contributed by atoms with Gasteiger partial charge in [-0.2, -0.15) is 4.98 Å². The number of urea groups is 1. The molecule has 0 unspecified atom stereocenters. The lowest BCUT2D eigenvalue weighted by atomic mass is 9.85. The number of benzene rings is 2. The lowest BCUT2D eigenvalue weighted by Crippen LogP contribution is -2.43. The summed E-state index contributed by atoms with van der Waals surface area (Å²) in [5.74, 6) is 2.21. The zero-order valence-corrected chi connectivity index (χ0v) is 22.6. The number of aryl methyl sites for hydroxylation is 1. The smallest absolute Gasteiger partial charge is 0.315 e. The summed E-state index contributed by atoms with van der Waals surface area (Å²) in [6, 6.07) is 20.2. The fraction of sp³-hybridized carbons (Fsp3) is 0.452. The van der Waals surface area contributed by atoms with E-state index in [1.54, 1.807) is 0 Å². The van der Waals surface area contributed by atoms with Gasteiger partial charge < -0.3 is 20.9 Å². The molecule has 38 heavy (non-hydrogen) atoms. The molecule has 0 spiro atoms. The lowest BCUT2D eigenvalue weighted by molar-refractivity contribution is 0.168. The highest BCUT2D eigenvalue weighted by molar-refractivity contribution is 5.73. The number of fused-ring (bicyclic) bond motifs is 1. The predicted molar refractivity (Wildman–Crippen MR) is 153 cm³/mol. The number of rotatable bonds is 8. The fourth-order valence-electron chi connectivity index (χ4n) is 6.10. The SMILES string of the molecule is CN(C)c1nc(NC2CCC(CN(C(N)=O)C(c3ccccc3)c3ccccc3)CC2)nc2c1CCCC2. The van der Waals surface area contributed by atoms with Gasteiger partial charge in [0.15, 0.2) is 0 Å². The Hall–Kier alpha value is -3.61. The van der Waals surface area contributed by atoms with Crippen LogP contribution in [0.15, 0.2) is 60.7 Å². The Morgan fingerprint density at radius 1 is 0.921 bits per heavy atom. The third-order valence-electron chi connectivity index (χ3n) is 8.05. The normalized spacial score (nSPS) is 19.0. The zero-order valence-electron chi connectivity index (χ0n) is 22.6. The van der Waals surface area contributed by atoms with Crippen LogP contribution >= 0.6 is 0 Å². The molecule has 0 atom stereocenters. The van der Waals surface area contributed by atoms with Crippen molar-refractivity contribution < 1.29 is 4.79 Å². The average molecular weight is 513 g/mol. The number of nitrogens with two attached hydrogens (primary N) is 1. The first-order valence-electron chi connectivity index (χ1n) is 14.0. The van der Waals surface area contributed by atoms with Crippen LogP contribution in [0.1, 0.15) is 67.0 Å². The van der Waals surface area contributed by atoms with Crippen LogP contribution in [-0.2, 0) is 12.8 Å². The minimum atomic E-state index is -0.373. The Kier molecular flexibility index (Phi) is 8.11. The summed E-state index contributed by atoms with van der Waals surface area (Å²) < 4.78 is 0. The molecule has 0 saturated heterocycles. The molecule has 3 aromatic rings. The summed E-state index contributed by atoms with van der Waals surface area (Å²) >= 11 is 0. The molecule has 0 radical (unpaired) electrons. The molecule has 2 aliphatic rings. The molecule has 2 amide bonds. The molecule has 2 aromatic carbocycles. The molecular formula is C31H40N6O. The van der Waals surface area contributed by atoms with Gasteiger partial charge in [0.2, 0.25) is 5.95 Å². The van der Waals surface area contributed by atoms with E-state index in [-0.39, 0.29) is 12.1 Å². The van der Waals surface area contributed by atoms with E-state index in [1.165, 1.54) is 24.1 Å². The van der Waals surface area contributed by atoms with Crippen molar-refractivity contribution in [3.05, 3.63) is 83.0 Å². The predicted octanol–water partition coefficient (Wildman–Crippen LogP) is 5.56. The Morgan fingerprint density at radius 2 is 1.53 bits per heavy atom. The Balaban J connectivity index is 1.26. The van der Waals surface area contributed by atoms with Crippen molar-refractivity contribution in [1.82, 2.24) is 14.9 Å². The van der Waals surface area contributed by atoms with E-state index in [4.69, 9.17) is 15.7 Å². The first-order valence-corrected chi connectivity index (χ1v) is 14.0. The molecule has 1 saturated carbocycles. The van der Waals surface area contributed by atoms with Crippen LogP contribution in [0.4, 0.5) is 16.6 Å². The second-order valence-electron chi connectivity index (χ2n) is 11.0. The van der Waals surface area contributed by atoms with E-state index in [0.29, 0.717) is 18.5 Å². The summed E-state index contributed by atoms with van der Waals surface area (Å²) in [5.41, 5.74) is 10.7. The molecule has 1 aromatic heterocycles. The second kappa shape index (κ2) is 11.8. The number of carbonyl (C=O) groups is 1. The molecule has 0 aliphatic heterocycles. The van der Waals surface area contributed by atoms with Gasteiger partial charge >= 0.3 is 6.03 Å². The maximum absolute atomic E-state index is 12.8. The second-order valence-corrected chi connectivity index (χ2v) is 11.0. The highest BCUT2D eigenvalue weighted by Crippen LogP contribution is 2.34. The standard InChI is InChI=1S/C31H40N6O/c1-36(2)29-26-15-9-10-16-27(26)34-31(35-29)33-25-19-17-22(18-20-25)21-37(30(32)38)28(23-11-5-3-6-12-23)24-13-7-4-8-14-24/h3-8,11-14,22,25,28H,9-10,15-21H2,1-2H3,(H2,32,38)(H,33,34,35). The Morgan fingerprint density at radius 3 is 2.11 bits per heavy atom. The van der Waals surface area contributed by atoms with E-state index in [0.717, 1.165) is 61.4 Å². The minimum absolute atomic E-state index is 0.195. The van der Waals surface area contributed by atoms with Gasteiger partial charge in [0.25, 0.3) is 0 Å². The van der Waals surface area contributed by atoms with Gasteiger partial charge in [-0.25, -0.2) is 9.78 Å². The first-order chi connectivity index (χ1) is 18.5.